The minimum Gasteiger partial charge on any atom is -0.394 e. The van der Waals surface area contributed by atoms with Crippen molar-refractivity contribution >= 4 is 46.2 Å². The molecule has 5 rings (SSSR count). The molecular formula is C24H23ClFN5O4. The van der Waals surface area contributed by atoms with Gasteiger partial charge in [-0.3, -0.25) is 9.36 Å². The molecule has 2 heterocycles. The summed E-state index contributed by atoms with van der Waals surface area (Å²) < 4.78 is 15.7. The van der Waals surface area contributed by atoms with Gasteiger partial charge in [-0.2, -0.15) is 0 Å². The average molecular weight is 500 g/mol. The van der Waals surface area contributed by atoms with Crippen LogP contribution in [0.3, 0.4) is 0 Å². The van der Waals surface area contributed by atoms with Gasteiger partial charge in [-0.25, -0.2) is 14.0 Å². The zero-order valence-electron chi connectivity index (χ0n) is 18.4. The van der Waals surface area contributed by atoms with E-state index in [0.717, 1.165) is 6.42 Å². The van der Waals surface area contributed by atoms with Crippen molar-refractivity contribution in [3.63, 3.8) is 0 Å². The molecule has 35 heavy (non-hydrogen) atoms. The third-order valence-corrected chi connectivity index (χ3v) is 7.02. The third-order valence-electron chi connectivity index (χ3n) is 6.73. The molecule has 2 fully saturated rings. The summed E-state index contributed by atoms with van der Waals surface area (Å²) in [5, 5.41) is 15.8. The molecule has 182 valence electrons. The van der Waals surface area contributed by atoms with E-state index in [2.05, 4.69) is 10.6 Å². The molecule has 1 aromatic heterocycles. The second kappa shape index (κ2) is 8.86. The molecule has 1 saturated carbocycles. The van der Waals surface area contributed by atoms with Crippen LogP contribution in [0.25, 0.3) is 10.9 Å². The molecule has 4 amide bonds. The summed E-state index contributed by atoms with van der Waals surface area (Å²) in [4.78, 5) is 39.7. The number of fused-ring (bicyclic) bond motifs is 2. The number of benzene rings is 2. The lowest BCUT2D eigenvalue weighted by Crippen LogP contribution is -2.50. The Morgan fingerprint density at radius 2 is 1.97 bits per heavy atom. The number of nitrogens with two attached hydrogens (primary N) is 1. The van der Waals surface area contributed by atoms with E-state index in [-0.39, 0.29) is 22.4 Å². The summed E-state index contributed by atoms with van der Waals surface area (Å²) in [6.07, 6.45) is 2.25. The lowest BCUT2D eigenvalue weighted by Gasteiger charge is -2.28. The van der Waals surface area contributed by atoms with Crippen molar-refractivity contribution in [1.82, 2.24) is 14.8 Å². The van der Waals surface area contributed by atoms with Crippen LogP contribution in [0, 0.1) is 17.7 Å². The van der Waals surface area contributed by atoms with E-state index < -0.39 is 42.5 Å². The largest absolute Gasteiger partial charge is 0.394 e. The Hall–Kier alpha value is -3.63. The minimum absolute atomic E-state index is 0.0173. The number of piperidine rings is 1. The van der Waals surface area contributed by atoms with Crippen LogP contribution in [-0.4, -0.2) is 51.7 Å². The summed E-state index contributed by atoms with van der Waals surface area (Å²) in [7, 11) is 0. The first kappa shape index (κ1) is 23.1. The first-order valence-electron chi connectivity index (χ1n) is 11.1. The van der Waals surface area contributed by atoms with Crippen LogP contribution < -0.4 is 16.4 Å². The van der Waals surface area contributed by atoms with Gasteiger partial charge in [0.2, 0.25) is 5.91 Å². The summed E-state index contributed by atoms with van der Waals surface area (Å²) >= 11 is 5.85. The molecule has 1 aliphatic heterocycles. The number of rotatable bonds is 5. The maximum atomic E-state index is 14.5. The number of anilines is 1. The second-order valence-electron chi connectivity index (χ2n) is 8.84. The maximum absolute atomic E-state index is 14.5. The molecule has 5 N–H and O–H groups in total. The molecule has 0 radical (unpaired) electrons. The molecular weight excluding hydrogens is 477 g/mol. The number of halogens is 2. The van der Waals surface area contributed by atoms with Crippen LogP contribution in [0.15, 0.2) is 48.7 Å². The first-order valence-corrected chi connectivity index (χ1v) is 11.5. The van der Waals surface area contributed by atoms with Crippen LogP contribution in [0.1, 0.15) is 18.0 Å². The van der Waals surface area contributed by atoms with E-state index in [9.17, 15) is 23.9 Å². The number of carbonyl (C=O) groups excluding carboxylic acids is 3. The topological polar surface area (TPSA) is 130 Å². The van der Waals surface area contributed by atoms with Crippen LogP contribution in [0.2, 0.25) is 5.02 Å². The maximum Gasteiger partial charge on any atom is 0.323 e. The number of primary amides is 1. The number of carbonyl (C=O) groups is 3. The number of aliphatic hydroxyl groups excluding tert-OH is 1. The van der Waals surface area contributed by atoms with E-state index in [0.29, 0.717) is 23.1 Å². The smallest absolute Gasteiger partial charge is 0.323 e. The minimum atomic E-state index is -1.02. The average Bonchev–Trinajstić information content (AvgIpc) is 3.34. The highest BCUT2D eigenvalue weighted by Gasteiger charge is 2.57. The number of para-hydroxylation sites is 1. The van der Waals surface area contributed by atoms with Crippen molar-refractivity contribution in [2.45, 2.75) is 18.5 Å². The van der Waals surface area contributed by atoms with Crippen LogP contribution in [0.5, 0.6) is 0 Å². The van der Waals surface area contributed by atoms with Gasteiger partial charge in [0.1, 0.15) is 11.9 Å². The number of likely N-dealkylation sites (tertiary alicyclic amines) is 1. The monoisotopic (exact) mass is 499 g/mol. The molecule has 0 bridgehead atoms. The molecule has 4 atom stereocenters. The predicted octanol–water partition coefficient (Wildman–Crippen LogP) is 3.06. The van der Waals surface area contributed by atoms with Gasteiger partial charge in [0.05, 0.1) is 28.9 Å². The molecule has 3 aromatic rings. The highest BCUT2D eigenvalue weighted by atomic mass is 35.5. The first-order chi connectivity index (χ1) is 16.8. The lowest BCUT2D eigenvalue weighted by atomic mass is 10.1. The van der Waals surface area contributed by atoms with E-state index >= 15 is 0 Å². The van der Waals surface area contributed by atoms with Gasteiger partial charge in [-0.05, 0) is 30.4 Å². The van der Waals surface area contributed by atoms with Crippen molar-refractivity contribution in [2.24, 2.45) is 17.6 Å². The van der Waals surface area contributed by atoms with Crippen molar-refractivity contribution in [3.05, 3.63) is 65.1 Å². The number of aromatic nitrogens is 1. The molecule has 11 heteroatoms. The van der Waals surface area contributed by atoms with Gasteiger partial charge in [0, 0.05) is 23.7 Å². The van der Waals surface area contributed by atoms with Crippen molar-refractivity contribution < 1.29 is 23.9 Å². The zero-order chi connectivity index (χ0) is 24.9. The van der Waals surface area contributed by atoms with Gasteiger partial charge in [0.25, 0.3) is 0 Å². The molecule has 0 unspecified atom stereocenters. The Bertz CT molecular complexity index is 1340. The standard InChI is InChI=1S/C24H23ClFN5O4/c25-16-6-3-5-14(20(16)26)18(11-32)28-22(33)21-15-8-12(15)9-31(21)24(35)29-17-10-30(23(27)34)19-7-2-1-4-13(17)19/h1-7,10,12,15,18,21,32H,8-9,11H2,(H2,27,34)(H,28,33)(H,29,35)/t12-,15-,18-,21-/m0/s1. The Balaban J connectivity index is 1.36. The number of hydrogen-bond acceptors (Lipinski definition) is 4. The normalized spacial score (nSPS) is 21.5. The predicted molar refractivity (Wildman–Crippen MR) is 127 cm³/mol. The lowest BCUT2D eigenvalue weighted by molar-refractivity contribution is -0.126. The summed E-state index contributed by atoms with van der Waals surface area (Å²) in [6.45, 7) is -0.152. The van der Waals surface area contributed by atoms with Crippen LogP contribution >= 0.6 is 11.6 Å². The summed E-state index contributed by atoms with van der Waals surface area (Å²) in [6, 6.07) is 8.35. The van der Waals surface area contributed by atoms with Crippen molar-refractivity contribution in [1.29, 1.82) is 0 Å². The molecule has 2 aromatic carbocycles. The quantitative estimate of drug-likeness (QED) is 0.430. The fourth-order valence-corrected chi connectivity index (χ4v) is 5.11. The van der Waals surface area contributed by atoms with Crippen molar-refractivity contribution in [2.75, 3.05) is 18.5 Å². The van der Waals surface area contributed by atoms with E-state index in [1.54, 1.807) is 24.3 Å². The van der Waals surface area contributed by atoms with E-state index in [1.807, 2.05) is 0 Å². The van der Waals surface area contributed by atoms with Gasteiger partial charge >= 0.3 is 12.1 Å². The Morgan fingerprint density at radius 1 is 1.20 bits per heavy atom. The van der Waals surface area contributed by atoms with Gasteiger partial charge in [-0.15, -0.1) is 0 Å². The number of amides is 4. The fourth-order valence-electron chi connectivity index (χ4n) is 4.93. The van der Waals surface area contributed by atoms with Crippen molar-refractivity contribution in [3.8, 4) is 0 Å². The SMILES string of the molecule is NC(=O)n1cc(NC(=O)N2C[C@@H]3C[C@@H]3[C@H]2C(=O)N[C@@H](CO)c2cccc(Cl)c2F)c2ccccc21. The van der Waals surface area contributed by atoms with Crippen LogP contribution in [-0.2, 0) is 4.79 Å². The molecule has 1 saturated heterocycles. The molecule has 0 spiro atoms. The molecule has 1 aliphatic carbocycles. The number of urea groups is 1. The Labute approximate surface area is 204 Å². The molecule has 9 nitrogen and oxygen atoms in total. The Morgan fingerprint density at radius 3 is 2.71 bits per heavy atom. The highest BCUT2D eigenvalue weighted by molar-refractivity contribution is 6.30. The highest BCUT2D eigenvalue weighted by Crippen LogP contribution is 2.50. The van der Waals surface area contributed by atoms with Crippen LogP contribution in [0.4, 0.5) is 19.7 Å². The number of nitrogens with zero attached hydrogens (tertiary/aromatic N) is 2. The fraction of sp³-hybridized carbons (Fsp3) is 0.292. The van der Waals surface area contributed by atoms with Gasteiger partial charge in [0.15, 0.2) is 0 Å². The zero-order valence-corrected chi connectivity index (χ0v) is 19.2. The number of hydrogen-bond donors (Lipinski definition) is 4. The summed E-state index contributed by atoms with van der Waals surface area (Å²) in [5.41, 5.74) is 6.45. The van der Waals surface area contributed by atoms with Gasteiger partial charge < -0.3 is 26.4 Å². The van der Waals surface area contributed by atoms with Gasteiger partial charge in [-0.1, -0.05) is 41.9 Å². The third kappa shape index (κ3) is 4.08. The summed E-state index contributed by atoms with van der Waals surface area (Å²) in [5.74, 6) is -1.02. The second-order valence-corrected chi connectivity index (χ2v) is 9.25. The number of aliphatic hydroxyl groups is 1. The number of nitrogens with one attached hydrogen (secondary N) is 2. The Kier molecular flexibility index (Phi) is 5.86. The van der Waals surface area contributed by atoms with E-state index in [1.165, 1.54) is 33.9 Å². The molecule has 2 aliphatic rings. The van der Waals surface area contributed by atoms with E-state index in [4.69, 9.17) is 17.3 Å².